The molecular formula is C18H22BrNO. The molecule has 2 rings (SSSR count). The number of ether oxygens (including phenoxy) is 1. The van der Waals surface area contributed by atoms with Gasteiger partial charge in [-0.05, 0) is 52.5 Å². The maximum Gasteiger partial charge on any atom is 0.134 e. The quantitative estimate of drug-likeness (QED) is 0.767. The summed E-state index contributed by atoms with van der Waals surface area (Å²) < 4.78 is 6.86. The van der Waals surface area contributed by atoms with E-state index < -0.39 is 0 Å². The lowest BCUT2D eigenvalue weighted by molar-refractivity contribution is 0.304. The molecule has 1 atom stereocenters. The molecule has 0 saturated heterocycles. The SMILES string of the molecule is CC[C@@H](C)NCc1ccc(OCc2ccccc2)c(Br)c1. The summed E-state index contributed by atoms with van der Waals surface area (Å²) in [5.41, 5.74) is 2.43. The highest BCUT2D eigenvalue weighted by molar-refractivity contribution is 9.10. The Hall–Kier alpha value is -1.32. The van der Waals surface area contributed by atoms with Crippen molar-refractivity contribution >= 4 is 15.9 Å². The Bertz CT molecular complexity index is 556. The molecular weight excluding hydrogens is 326 g/mol. The van der Waals surface area contributed by atoms with Crippen molar-refractivity contribution < 1.29 is 4.74 Å². The molecule has 0 aliphatic carbocycles. The Morgan fingerprint density at radius 3 is 2.52 bits per heavy atom. The Labute approximate surface area is 135 Å². The van der Waals surface area contributed by atoms with Crippen LogP contribution in [0.1, 0.15) is 31.4 Å². The lowest BCUT2D eigenvalue weighted by Crippen LogP contribution is -2.24. The van der Waals surface area contributed by atoms with E-state index in [1.165, 1.54) is 11.1 Å². The van der Waals surface area contributed by atoms with Gasteiger partial charge in [-0.2, -0.15) is 0 Å². The molecule has 3 heteroatoms. The molecule has 2 nitrogen and oxygen atoms in total. The third-order valence-electron chi connectivity index (χ3n) is 3.50. The van der Waals surface area contributed by atoms with Gasteiger partial charge in [0.05, 0.1) is 4.47 Å². The first-order valence-electron chi connectivity index (χ1n) is 7.37. The van der Waals surface area contributed by atoms with E-state index in [-0.39, 0.29) is 0 Å². The number of nitrogens with one attached hydrogen (secondary N) is 1. The van der Waals surface area contributed by atoms with E-state index in [1.807, 2.05) is 24.3 Å². The van der Waals surface area contributed by atoms with Crippen LogP contribution in [0.25, 0.3) is 0 Å². The smallest absolute Gasteiger partial charge is 0.134 e. The van der Waals surface area contributed by atoms with Crippen LogP contribution in [-0.2, 0) is 13.2 Å². The maximum absolute atomic E-state index is 5.86. The first kappa shape index (κ1) is 16.1. The first-order valence-corrected chi connectivity index (χ1v) is 8.17. The van der Waals surface area contributed by atoms with Gasteiger partial charge in [0.2, 0.25) is 0 Å². The van der Waals surface area contributed by atoms with E-state index in [0.29, 0.717) is 12.6 Å². The zero-order chi connectivity index (χ0) is 15.1. The van der Waals surface area contributed by atoms with E-state index in [2.05, 4.69) is 59.4 Å². The molecule has 2 aromatic carbocycles. The molecule has 0 fully saturated rings. The number of hydrogen-bond donors (Lipinski definition) is 1. The summed E-state index contributed by atoms with van der Waals surface area (Å²) in [6.45, 7) is 5.86. The normalized spacial score (nSPS) is 12.1. The number of hydrogen-bond acceptors (Lipinski definition) is 2. The fourth-order valence-electron chi connectivity index (χ4n) is 1.94. The molecule has 112 valence electrons. The van der Waals surface area contributed by atoms with E-state index in [1.54, 1.807) is 0 Å². The van der Waals surface area contributed by atoms with Gasteiger partial charge in [-0.3, -0.25) is 0 Å². The van der Waals surface area contributed by atoms with Crippen molar-refractivity contribution in [3.63, 3.8) is 0 Å². The Morgan fingerprint density at radius 1 is 1.10 bits per heavy atom. The lowest BCUT2D eigenvalue weighted by atomic mass is 10.2. The first-order chi connectivity index (χ1) is 10.2. The molecule has 0 saturated carbocycles. The minimum Gasteiger partial charge on any atom is -0.488 e. The third kappa shape index (κ3) is 5.18. The third-order valence-corrected chi connectivity index (χ3v) is 4.12. The molecule has 21 heavy (non-hydrogen) atoms. The summed E-state index contributed by atoms with van der Waals surface area (Å²) >= 11 is 3.59. The summed E-state index contributed by atoms with van der Waals surface area (Å²) in [5, 5.41) is 3.49. The molecule has 0 radical (unpaired) electrons. The van der Waals surface area contributed by atoms with Crippen molar-refractivity contribution in [3.05, 3.63) is 64.1 Å². The second-order valence-electron chi connectivity index (χ2n) is 5.23. The van der Waals surface area contributed by atoms with E-state index in [0.717, 1.165) is 23.2 Å². The van der Waals surface area contributed by atoms with Crippen molar-refractivity contribution in [3.8, 4) is 5.75 Å². The summed E-state index contributed by atoms with van der Waals surface area (Å²) in [7, 11) is 0. The molecule has 0 bridgehead atoms. The van der Waals surface area contributed by atoms with E-state index in [4.69, 9.17) is 4.74 Å². The van der Waals surface area contributed by atoms with Crippen LogP contribution in [0.3, 0.4) is 0 Å². The lowest BCUT2D eigenvalue weighted by Gasteiger charge is -2.13. The molecule has 0 spiro atoms. The van der Waals surface area contributed by atoms with Gasteiger partial charge >= 0.3 is 0 Å². The second kappa shape index (κ2) is 8.20. The van der Waals surface area contributed by atoms with Crippen molar-refractivity contribution in [1.82, 2.24) is 5.32 Å². The van der Waals surface area contributed by atoms with Crippen molar-refractivity contribution in [2.75, 3.05) is 0 Å². The van der Waals surface area contributed by atoms with Gasteiger partial charge in [-0.15, -0.1) is 0 Å². The summed E-state index contributed by atoms with van der Waals surface area (Å²) in [5.74, 6) is 0.881. The van der Waals surface area contributed by atoms with Crippen molar-refractivity contribution in [2.45, 2.75) is 39.5 Å². The average Bonchev–Trinajstić information content (AvgIpc) is 2.52. The molecule has 0 amide bonds. The van der Waals surface area contributed by atoms with E-state index >= 15 is 0 Å². The van der Waals surface area contributed by atoms with Crippen LogP contribution in [0.4, 0.5) is 0 Å². The monoisotopic (exact) mass is 347 g/mol. The molecule has 2 aromatic rings. The number of benzene rings is 2. The Kier molecular flexibility index (Phi) is 6.27. The molecule has 0 heterocycles. The van der Waals surface area contributed by atoms with Gasteiger partial charge in [-0.25, -0.2) is 0 Å². The fraction of sp³-hybridized carbons (Fsp3) is 0.333. The predicted molar refractivity (Wildman–Crippen MR) is 91.5 cm³/mol. The zero-order valence-corrected chi connectivity index (χ0v) is 14.2. The molecule has 0 unspecified atom stereocenters. The largest absolute Gasteiger partial charge is 0.488 e. The standard InChI is InChI=1S/C18H22BrNO/c1-3-14(2)20-12-16-9-10-18(17(19)11-16)21-13-15-7-5-4-6-8-15/h4-11,14,20H,3,12-13H2,1-2H3/t14-/m1/s1. The molecule has 0 aliphatic heterocycles. The van der Waals surface area contributed by atoms with Crippen LogP contribution >= 0.6 is 15.9 Å². The average molecular weight is 348 g/mol. The summed E-state index contributed by atoms with van der Waals surface area (Å²) in [6.07, 6.45) is 1.14. The molecule has 0 aromatic heterocycles. The highest BCUT2D eigenvalue weighted by atomic mass is 79.9. The minimum atomic E-state index is 0.540. The van der Waals surface area contributed by atoms with Crippen LogP contribution in [0.2, 0.25) is 0 Å². The van der Waals surface area contributed by atoms with E-state index in [9.17, 15) is 0 Å². The van der Waals surface area contributed by atoms with Gasteiger partial charge < -0.3 is 10.1 Å². The number of halogens is 1. The van der Waals surface area contributed by atoms with Crippen LogP contribution in [0.5, 0.6) is 5.75 Å². The van der Waals surface area contributed by atoms with Crippen molar-refractivity contribution in [1.29, 1.82) is 0 Å². The second-order valence-corrected chi connectivity index (χ2v) is 6.08. The van der Waals surface area contributed by atoms with Gasteiger partial charge in [-0.1, -0.05) is 43.3 Å². The summed E-state index contributed by atoms with van der Waals surface area (Å²) in [6, 6.07) is 17.0. The van der Waals surface area contributed by atoms with Crippen LogP contribution in [-0.4, -0.2) is 6.04 Å². The fourth-order valence-corrected chi connectivity index (χ4v) is 2.48. The van der Waals surface area contributed by atoms with Gasteiger partial charge in [0.1, 0.15) is 12.4 Å². The number of rotatable bonds is 7. The Balaban J connectivity index is 1.93. The van der Waals surface area contributed by atoms with Gasteiger partial charge in [0, 0.05) is 12.6 Å². The van der Waals surface area contributed by atoms with Gasteiger partial charge in [0.25, 0.3) is 0 Å². The maximum atomic E-state index is 5.86. The summed E-state index contributed by atoms with van der Waals surface area (Å²) in [4.78, 5) is 0. The molecule has 1 N–H and O–H groups in total. The minimum absolute atomic E-state index is 0.540. The van der Waals surface area contributed by atoms with Crippen LogP contribution in [0, 0.1) is 0 Å². The molecule has 0 aliphatic rings. The van der Waals surface area contributed by atoms with Crippen molar-refractivity contribution in [2.24, 2.45) is 0 Å². The zero-order valence-electron chi connectivity index (χ0n) is 12.6. The highest BCUT2D eigenvalue weighted by Crippen LogP contribution is 2.26. The topological polar surface area (TPSA) is 21.3 Å². The highest BCUT2D eigenvalue weighted by Gasteiger charge is 2.04. The van der Waals surface area contributed by atoms with Gasteiger partial charge in [0.15, 0.2) is 0 Å². The predicted octanol–water partition coefficient (Wildman–Crippen LogP) is 4.92. The Morgan fingerprint density at radius 2 is 1.86 bits per heavy atom. The van der Waals surface area contributed by atoms with Crippen LogP contribution in [0.15, 0.2) is 53.0 Å². The van der Waals surface area contributed by atoms with Crippen LogP contribution < -0.4 is 10.1 Å².